The molecule has 1 fully saturated rings. The molecule has 0 spiro atoms. The average molecular weight is 345 g/mol. The molecule has 0 aliphatic heterocycles. The highest BCUT2D eigenvalue weighted by molar-refractivity contribution is 7.90. The molecule has 0 radical (unpaired) electrons. The molecule has 7 heteroatoms. The molecule has 1 N–H and O–H groups in total. The molecule has 126 valence electrons. The van der Waals surface area contributed by atoms with Gasteiger partial charge >= 0.3 is 0 Å². The zero-order valence-electron chi connectivity index (χ0n) is 13.4. The molecule has 24 heavy (non-hydrogen) atoms. The quantitative estimate of drug-likeness (QED) is 0.911. The Morgan fingerprint density at radius 1 is 1.29 bits per heavy atom. The highest BCUT2D eigenvalue weighted by atomic mass is 32.2. The number of aryl methyl sites for hydroxylation is 3. The van der Waals surface area contributed by atoms with Crippen molar-refractivity contribution in [3.8, 4) is 0 Å². The third kappa shape index (κ3) is 2.73. The third-order valence-electron chi connectivity index (χ3n) is 4.90. The number of nitrogens with one attached hydrogen (secondary N) is 1. The van der Waals surface area contributed by atoms with Gasteiger partial charge in [-0.3, -0.25) is 9.48 Å². The van der Waals surface area contributed by atoms with E-state index in [2.05, 4.69) is 9.82 Å². The number of carbonyl (C=O) groups excluding carboxylic acids is 1. The van der Waals surface area contributed by atoms with Gasteiger partial charge in [-0.1, -0.05) is 6.07 Å². The van der Waals surface area contributed by atoms with E-state index >= 15 is 0 Å². The number of nitrogens with zero attached hydrogens (tertiary/aromatic N) is 2. The maximum absolute atomic E-state index is 12.5. The van der Waals surface area contributed by atoms with E-state index in [0.717, 1.165) is 30.4 Å². The molecule has 0 unspecified atom stereocenters. The normalized spacial score (nSPS) is 22.2. The number of carbonyl (C=O) groups is 1. The Labute approximate surface area is 140 Å². The Morgan fingerprint density at radius 3 is 2.83 bits per heavy atom. The van der Waals surface area contributed by atoms with Crippen molar-refractivity contribution in [3.05, 3.63) is 47.3 Å². The van der Waals surface area contributed by atoms with Gasteiger partial charge in [-0.25, -0.2) is 13.1 Å². The first-order valence-electron chi connectivity index (χ1n) is 8.11. The standard InChI is InChI=1S/C17H19N3O3S/c1-20-10-13(9-18-20)15-8-16(15)17(21)19-24(22,23)14-6-5-11-3-2-4-12(11)7-14/h5-7,9-10,15-16H,2-4,8H2,1H3,(H,19,21)/t15-,16+/m1/s1. The van der Waals surface area contributed by atoms with Gasteiger partial charge in [0.2, 0.25) is 5.91 Å². The summed E-state index contributed by atoms with van der Waals surface area (Å²) in [6.07, 6.45) is 7.21. The molecule has 2 atom stereocenters. The summed E-state index contributed by atoms with van der Waals surface area (Å²) in [5.41, 5.74) is 3.26. The van der Waals surface area contributed by atoms with Crippen molar-refractivity contribution in [2.75, 3.05) is 0 Å². The largest absolute Gasteiger partial charge is 0.276 e. The van der Waals surface area contributed by atoms with Crippen molar-refractivity contribution in [2.24, 2.45) is 13.0 Å². The van der Waals surface area contributed by atoms with Crippen LogP contribution in [0.15, 0.2) is 35.5 Å². The second-order valence-electron chi connectivity index (χ2n) is 6.65. The molecule has 4 rings (SSSR count). The zero-order valence-corrected chi connectivity index (χ0v) is 14.2. The Bertz CT molecular complexity index is 917. The van der Waals surface area contributed by atoms with Gasteiger partial charge < -0.3 is 0 Å². The summed E-state index contributed by atoms with van der Waals surface area (Å²) in [6, 6.07) is 5.14. The van der Waals surface area contributed by atoms with E-state index in [-0.39, 0.29) is 16.7 Å². The number of sulfonamides is 1. The van der Waals surface area contributed by atoms with E-state index in [1.165, 1.54) is 5.56 Å². The lowest BCUT2D eigenvalue weighted by molar-refractivity contribution is -0.120. The van der Waals surface area contributed by atoms with Gasteiger partial charge in [-0.2, -0.15) is 5.10 Å². The molecule has 1 heterocycles. The molecule has 2 aliphatic rings. The van der Waals surface area contributed by atoms with Crippen LogP contribution < -0.4 is 4.72 Å². The molecule has 6 nitrogen and oxygen atoms in total. The van der Waals surface area contributed by atoms with Crippen LogP contribution in [0.25, 0.3) is 0 Å². The van der Waals surface area contributed by atoms with Crippen LogP contribution in [-0.4, -0.2) is 24.1 Å². The van der Waals surface area contributed by atoms with E-state index < -0.39 is 15.9 Å². The van der Waals surface area contributed by atoms with Crippen LogP contribution in [-0.2, 0) is 34.7 Å². The van der Waals surface area contributed by atoms with Crippen molar-refractivity contribution >= 4 is 15.9 Å². The summed E-state index contributed by atoms with van der Waals surface area (Å²) in [4.78, 5) is 12.5. The summed E-state index contributed by atoms with van der Waals surface area (Å²) < 4.78 is 28.9. The molecule has 1 aromatic heterocycles. The molecule has 2 aromatic rings. The maximum Gasteiger partial charge on any atom is 0.264 e. The molecule has 1 amide bonds. The van der Waals surface area contributed by atoms with Crippen LogP contribution >= 0.6 is 0 Å². The summed E-state index contributed by atoms with van der Waals surface area (Å²) in [5.74, 6) is -0.656. The fourth-order valence-electron chi connectivity index (χ4n) is 3.47. The topological polar surface area (TPSA) is 81.1 Å². The zero-order chi connectivity index (χ0) is 16.9. The van der Waals surface area contributed by atoms with Crippen molar-refractivity contribution in [1.29, 1.82) is 0 Å². The Morgan fingerprint density at radius 2 is 2.08 bits per heavy atom. The summed E-state index contributed by atoms with van der Waals surface area (Å²) in [5, 5.41) is 4.09. The van der Waals surface area contributed by atoms with E-state index in [1.54, 1.807) is 23.0 Å². The first kappa shape index (κ1) is 15.4. The molecule has 2 aliphatic carbocycles. The molecule has 0 bridgehead atoms. The fourth-order valence-corrected chi connectivity index (χ4v) is 4.55. The van der Waals surface area contributed by atoms with Gasteiger partial charge in [0.15, 0.2) is 0 Å². The smallest absolute Gasteiger partial charge is 0.264 e. The van der Waals surface area contributed by atoms with Crippen LogP contribution in [0.5, 0.6) is 0 Å². The molecule has 1 saturated carbocycles. The average Bonchev–Trinajstić information content (AvgIpc) is 2.99. The first-order valence-corrected chi connectivity index (χ1v) is 9.59. The van der Waals surface area contributed by atoms with Gasteiger partial charge in [0, 0.05) is 19.2 Å². The van der Waals surface area contributed by atoms with Crippen LogP contribution in [0, 0.1) is 5.92 Å². The maximum atomic E-state index is 12.5. The van der Waals surface area contributed by atoms with Crippen LogP contribution in [0.1, 0.15) is 35.4 Å². The van der Waals surface area contributed by atoms with Crippen molar-refractivity contribution in [1.82, 2.24) is 14.5 Å². The highest BCUT2D eigenvalue weighted by Crippen LogP contribution is 2.47. The second-order valence-corrected chi connectivity index (χ2v) is 8.33. The molecule has 0 saturated heterocycles. The lowest BCUT2D eigenvalue weighted by Crippen LogP contribution is -2.32. The van der Waals surface area contributed by atoms with Crippen LogP contribution in [0.2, 0.25) is 0 Å². The van der Waals surface area contributed by atoms with Gasteiger partial charge in [0.25, 0.3) is 10.0 Å². The minimum Gasteiger partial charge on any atom is -0.276 e. The van der Waals surface area contributed by atoms with Gasteiger partial charge in [-0.15, -0.1) is 0 Å². The predicted octanol–water partition coefficient (Wildman–Crippen LogP) is 1.52. The number of fused-ring (bicyclic) bond motifs is 1. The number of benzene rings is 1. The van der Waals surface area contributed by atoms with Crippen LogP contribution in [0.4, 0.5) is 0 Å². The minimum absolute atomic E-state index is 0.0638. The molecular formula is C17H19N3O3S. The third-order valence-corrected chi connectivity index (χ3v) is 6.24. The van der Waals surface area contributed by atoms with E-state index in [0.29, 0.717) is 6.42 Å². The lowest BCUT2D eigenvalue weighted by Gasteiger charge is -2.08. The fraction of sp³-hybridized carbons (Fsp3) is 0.412. The summed E-state index contributed by atoms with van der Waals surface area (Å²) >= 11 is 0. The van der Waals surface area contributed by atoms with E-state index in [4.69, 9.17) is 0 Å². The first-order chi connectivity index (χ1) is 11.4. The Hall–Kier alpha value is -2.15. The highest BCUT2D eigenvalue weighted by Gasteiger charge is 2.45. The van der Waals surface area contributed by atoms with E-state index in [1.807, 2.05) is 19.3 Å². The van der Waals surface area contributed by atoms with E-state index in [9.17, 15) is 13.2 Å². The van der Waals surface area contributed by atoms with Crippen molar-refractivity contribution in [3.63, 3.8) is 0 Å². The minimum atomic E-state index is -3.81. The van der Waals surface area contributed by atoms with Gasteiger partial charge in [0.1, 0.15) is 0 Å². The SMILES string of the molecule is Cn1cc([C@H]2C[C@@H]2C(=O)NS(=O)(=O)c2ccc3c(c2)CCC3)cn1. The van der Waals surface area contributed by atoms with Crippen LogP contribution in [0.3, 0.4) is 0 Å². The second kappa shape index (κ2) is 5.44. The lowest BCUT2D eigenvalue weighted by atomic mass is 10.1. The number of hydrogen-bond donors (Lipinski definition) is 1. The summed E-state index contributed by atoms with van der Waals surface area (Å²) in [7, 11) is -1.99. The summed E-state index contributed by atoms with van der Waals surface area (Å²) in [6.45, 7) is 0. The van der Waals surface area contributed by atoms with Gasteiger partial charge in [-0.05, 0) is 60.4 Å². The van der Waals surface area contributed by atoms with Gasteiger partial charge in [0.05, 0.1) is 11.1 Å². The number of rotatable bonds is 4. The Balaban J connectivity index is 1.47. The predicted molar refractivity (Wildman–Crippen MR) is 87.9 cm³/mol. The molecule has 1 aromatic carbocycles. The van der Waals surface area contributed by atoms with Crippen molar-refractivity contribution < 1.29 is 13.2 Å². The number of hydrogen-bond acceptors (Lipinski definition) is 4. The molecular weight excluding hydrogens is 326 g/mol. The van der Waals surface area contributed by atoms with Crippen molar-refractivity contribution in [2.45, 2.75) is 36.5 Å². The number of aromatic nitrogens is 2. The Kier molecular flexibility index (Phi) is 3.49. The monoisotopic (exact) mass is 345 g/mol. The number of amides is 1.